The van der Waals surface area contributed by atoms with Gasteiger partial charge in [-0.1, -0.05) is 91.0 Å². The van der Waals surface area contributed by atoms with Crippen molar-refractivity contribution in [3.05, 3.63) is 126 Å². The summed E-state index contributed by atoms with van der Waals surface area (Å²) in [5.41, 5.74) is 6.03. The molecule has 0 saturated carbocycles. The Morgan fingerprint density at radius 2 is 1.25 bits per heavy atom. The van der Waals surface area contributed by atoms with Crippen LogP contribution in [0.25, 0.3) is 22.2 Å². The van der Waals surface area contributed by atoms with Gasteiger partial charge in [-0.3, -0.25) is 10.2 Å². The number of hydrogen-bond donors (Lipinski definition) is 1. The van der Waals surface area contributed by atoms with E-state index < -0.39 is 0 Å². The summed E-state index contributed by atoms with van der Waals surface area (Å²) in [6.07, 6.45) is 0. The molecule has 4 aromatic carbocycles. The highest BCUT2D eigenvalue weighted by Crippen LogP contribution is 2.21. The highest BCUT2D eigenvalue weighted by molar-refractivity contribution is 5.97. The lowest BCUT2D eigenvalue weighted by Gasteiger charge is -2.07. The number of aromatic nitrogens is 2. The predicted octanol–water partition coefficient (Wildman–Crippen LogP) is 5.52. The molecule has 32 heavy (non-hydrogen) atoms. The molecule has 0 saturated heterocycles. The molecule has 156 valence electrons. The highest BCUT2D eigenvalue weighted by atomic mass is 16.1. The fourth-order valence-electron chi connectivity index (χ4n) is 4.12. The molecule has 0 bridgehead atoms. The second-order valence-corrected chi connectivity index (χ2v) is 7.84. The number of nitrogens with zero attached hydrogens (tertiary/aromatic N) is 2. The van der Waals surface area contributed by atoms with Gasteiger partial charge in [0.15, 0.2) is 5.78 Å². The summed E-state index contributed by atoms with van der Waals surface area (Å²) in [5.74, 6) is -0.0103. The van der Waals surface area contributed by atoms with E-state index >= 15 is 0 Å². The topological polar surface area (TPSA) is 50.8 Å². The normalized spacial score (nSPS) is 11.0. The number of ketones is 1. The zero-order valence-corrected chi connectivity index (χ0v) is 17.6. The molecule has 0 amide bonds. The molecule has 5 rings (SSSR count). The number of benzene rings is 4. The molecule has 0 spiro atoms. The number of carbonyl (C=O) groups is 1. The number of hydrogen-bond acceptors (Lipinski definition) is 2. The predicted molar refractivity (Wildman–Crippen MR) is 128 cm³/mol. The van der Waals surface area contributed by atoms with Crippen molar-refractivity contribution >= 4 is 16.8 Å². The van der Waals surface area contributed by atoms with Crippen LogP contribution in [0.5, 0.6) is 0 Å². The van der Waals surface area contributed by atoms with Crippen LogP contribution in [0.4, 0.5) is 0 Å². The van der Waals surface area contributed by atoms with E-state index in [9.17, 15) is 4.79 Å². The number of nitrogens with one attached hydrogen (secondary N) is 1. The Hall–Kier alpha value is -4.18. The van der Waals surface area contributed by atoms with E-state index in [0.717, 1.165) is 27.7 Å². The maximum Gasteiger partial charge on any atom is 0.203 e. The van der Waals surface area contributed by atoms with Crippen LogP contribution in [-0.2, 0) is 13.1 Å². The molecular weight excluding hydrogens is 394 g/mol. The van der Waals surface area contributed by atoms with Gasteiger partial charge in [0.25, 0.3) is 0 Å². The smallest absolute Gasteiger partial charge is 0.203 e. The van der Waals surface area contributed by atoms with Crippen LogP contribution >= 0.6 is 0 Å². The SMILES string of the molecule is N=c1n(CC(=O)c2cccc(-c3ccccc3)c2)c2ccccc2n1Cc1ccccc1. The summed E-state index contributed by atoms with van der Waals surface area (Å²) in [7, 11) is 0. The second kappa shape index (κ2) is 8.52. The lowest BCUT2D eigenvalue weighted by Crippen LogP contribution is -2.27. The largest absolute Gasteiger partial charge is 0.306 e. The van der Waals surface area contributed by atoms with E-state index in [2.05, 4.69) is 12.1 Å². The van der Waals surface area contributed by atoms with E-state index in [1.54, 1.807) is 4.57 Å². The van der Waals surface area contributed by atoms with Gasteiger partial charge in [-0.2, -0.15) is 0 Å². The van der Waals surface area contributed by atoms with E-state index in [-0.39, 0.29) is 12.3 Å². The molecule has 4 heteroatoms. The van der Waals surface area contributed by atoms with E-state index in [1.165, 1.54) is 0 Å². The van der Waals surface area contributed by atoms with Crippen LogP contribution < -0.4 is 5.62 Å². The third-order valence-corrected chi connectivity index (χ3v) is 5.75. The van der Waals surface area contributed by atoms with Crippen molar-refractivity contribution in [2.45, 2.75) is 13.1 Å². The monoisotopic (exact) mass is 417 g/mol. The average Bonchev–Trinajstić information content (AvgIpc) is 3.11. The Bertz CT molecular complexity index is 1450. The number of imidazole rings is 1. The first kappa shape index (κ1) is 19.8. The summed E-state index contributed by atoms with van der Waals surface area (Å²) in [5, 5.41) is 8.83. The number of carbonyl (C=O) groups excluding carboxylic acids is 1. The van der Waals surface area contributed by atoms with Gasteiger partial charge in [-0.25, -0.2) is 0 Å². The van der Waals surface area contributed by atoms with Crippen molar-refractivity contribution in [1.29, 1.82) is 5.41 Å². The van der Waals surface area contributed by atoms with Gasteiger partial charge < -0.3 is 9.13 Å². The van der Waals surface area contributed by atoms with E-state index in [1.807, 2.05) is 102 Å². The fourth-order valence-corrected chi connectivity index (χ4v) is 4.12. The zero-order chi connectivity index (χ0) is 21.9. The van der Waals surface area contributed by atoms with Crippen molar-refractivity contribution in [3.8, 4) is 11.1 Å². The van der Waals surface area contributed by atoms with Crippen molar-refractivity contribution in [3.63, 3.8) is 0 Å². The first-order valence-electron chi connectivity index (χ1n) is 10.7. The van der Waals surface area contributed by atoms with Gasteiger partial charge in [0.1, 0.15) is 0 Å². The van der Waals surface area contributed by atoms with Crippen molar-refractivity contribution in [1.82, 2.24) is 9.13 Å². The number of fused-ring (bicyclic) bond motifs is 1. The number of para-hydroxylation sites is 2. The maximum atomic E-state index is 13.2. The number of Topliss-reactive ketones (excluding diaryl/α,β-unsaturated/α-hetero) is 1. The van der Waals surface area contributed by atoms with Crippen molar-refractivity contribution in [2.24, 2.45) is 0 Å². The fraction of sp³-hybridized carbons (Fsp3) is 0.0714. The van der Waals surface area contributed by atoms with Gasteiger partial charge in [0, 0.05) is 5.56 Å². The van der Waals surface area contributed by atoms with Crippen LogP contribution in [0, 0.1) is 5.41 Å². The third-order valence-electron chi connectivity index (χ3n) is 5.75. The quantitative estimate of drug-likeness (QED) is 0.363. The molecule has 0 aliphatic carbocycles. The van der Waals surface area contributed by atoms with Gasteiger partial charge >= 0.3 is 0 Å². The second-order valence-electron chi connectivity index (χ2n) is 7.84. The lowest BCUT2D eigenvalue weighted by atomic mass is 10.0. The molecule has 0 atom stereocenters. The van der Waals surface area contributed by atoms with Crippen LogP contribution in [0.2, 0.25) is 0 Å². The standard InChI is InChI=1S/C28H23N3O/c29-28-30(19-21-10-3-1-4-11-21)25-16-7-8-17-26(25)31(28)20-27(32)24-15-9-14-23(18-24)22-12-5-2-6-13-22/h1-18,29H,19-20H2. The van der Waals surface area contributed by atoms with Crippen LogP contribution in [0.15, 0.2) is 109 Å². The van der Waals surface area contributed by atoms with Gasteiger partial charge in [0.2, 0.25) is 5.62 Å². The summed E-state index contributed by atoms with van der Waals surface area (Å²) in [4.78, 5) is 13.2. The Morgan fingerprint density at radius 1 is 0.656 bits per heavy atom. The van der Waals surface area contributed by atoms with Gasteiger partial charge in [-0.15, -0.1) is 0 Å². The summed E-state index contributed by atoms with van der Waals surface area (Å²) < 4.78 is 3.76. The third kappa shape index (κ3) is 3.79. The molecule has 0 unspecified atom stereocenters. The van der Waals surface area contributed by atoms with Gasteiger partial charge in [0.05, 0.1) is 24.1 Å². The molecule has 0 aliphatic rings. The summed E-state index contributed by atoms with van der Waals surface area (Å²) >= 11 is 0. The lowest BCUT2D eigenvalue weighted by molar-refractivity contribution is 0.0971. The first-order valence-corrected chi connectivity index (χ1v) is 10.7. The summed E-state index contributed by atoms with van der Waals surface area (Å²) in [6, 6.07) is 35.8. The van der Waals surface area contributed by atoms with Crippen LogP contribution in [0.1, 0.15) is 15.9 Å². The Labute approximate surface area is 186 Å². The first-order chi connectivity index (χ1) is 15.7. The summed E-state index contributed by atoms with van der Waals surface area (Å²) in [6.45, 7) is 0.713. The Kier molecular flexibility index (Phi) is 5.26. The van der Waals surface area contributed by atoms with E-state index in [0.29, 0.717) is 17.7 Å². The zero-order valence-electron chi connectivity index (χ0n) is 17.6. The highest BCUT2D eigenvalue weighted by Gasteiger charge is 2.15. The molecular formula is C28H23N3O. The molecule has 5 aromatic rings. The Balaban J connectivity index is 1.50. The van der Waals surface area contributed by atoms with Gasteiger partial charge in [-0.05, 0) is 34.9 Å². The van der Waals surface area contributed by atoms with Crippen LogP contribution in [0.3, 0.4) is 0 Å². The minimum absolute atomic E-state index is 0.0103. The van der Waals surface area contributed by atoms with E-state index in [4.69, 9.17) is 5.41 Å². The Morgan fingerprint density at radius 3 is 1.97 bits per heavy atom. The van der Waals surface area contributed by atoms with Crippen LogP contribution in [-0.4, -0.2) is 14.9 Å². The minimum Gasteiger partial charge on any atom is -0.306 e. The minimum atomic E-state index is -0.0103. The maximum absolute atomic E-state index is 13.2. The molecule has 1 heterocycles. The molecule has 1 aromatic heterocycles. The molecule has 0 radical (unpaired) electrons. The average molecular weight is 418 g/mol. The van der Waals surface area contributed by atoms with Crippen molar-refractivity contribution < 1.29 is 4.79 Å². The number of rotatable bonds is 6. The molecule has 4 nitrogen and oxygen atoms in total. The molecule has 1 N–H and O–H groups in total. The van der Waals surface area contributed by atoms with Crippen molar-refractivity contribution in [2.75, 3.05) is 0 Å². The molecule has 0 aliphatic heterocycles. The molecule has 0 fully saturated rings.